The van der Waals surface area contributed by atoms with Crippen molar-refractivity contribution in [3.8, 4) is 0 Å². The number of amides is 1. The second-order valence-corrected chi connectivity index (χ2v) is 3.10. The summed E-state index contributed by atoms with van der Waals surface area (Å²) in [4.78, 5) is 12.2. The minimum atomic E-state index is -0.965. The van der Waals surface area contributed by atoms with Gasteiger partial charge in [0.1, 0.15) is 0 Å². The molecular weight excluding hydrogens is 184 g/mol. The number of nitrogens with one attached hydrogen (secondary N) is 1. The number of rotatable bonds is 8. The second-order valence-electron chi connectivity index (χ2n) is 3.10. The molecule has 0 atom stereocenters. The first-order chi connectivity index (χ1) is 6.70. The molecule has 0 radical (unpaired) electrons. The Labute approximate surface area is 84.7 Å². The zero-order chi connectivity index (χ0) is 10.8. The fourth-order valence-corrected chi connectivity index (χ4v) is 1.23. The number of aliphatic hydroxyl groups is 1. The van der Waals surface area contributed by atoms with E-state index in [9.17, 15) is 4.79 Å². The van der Waals surface area contributed by atoms with E-state index in [-0.39, 0.29) is 6.61 Å². The minimum Gasteiger partial charge on any atom is -0.465 e. The molecule has 0 spiro atoms. The largest absolute Gasteiger partial charge is 0.465 e. The Hall–Kier alpha value is -0.810. The second kappa shape index (κ2) is 8.77. The number of aliphatic hydroxyl groups excluding tert-OH is 1. The SMILES string of the molecule is CCN(CCO)CCCCNC(=O)O. The van der Waals surface area contributed by atoms with Gasteiger partial charge < -0.3 is 20.4 Å². The first-order valence-electron chi connectivity index (χ1n) is 5.00. The predicted octanol–water partition coefficient (Wildman–Crippen LogP) is 0.348. The summed E-state index contributed by atoms with van der Waals surface area (Å²) in [5.41, 5.74) is 0. The lowest BCUT2D eigenvalue weighted by atomic mass is 10.3. The van der Waals surface area contributed by atoms with Crippen molar-refractivity contribution >= 4 is 6.09 Å². The first kappa shape index (κ1) is 13.2. The summed E-state index contributed by atoms with van der Waals surface area (Å²) < 4.78 is 0. The highest BCUT2D eigenvalue weighted by molar-refractivity contribution is 5.64. The lowest BCUT2D eigenvalue weighted by Gasteiger charge is -2.18. The maximum Gasteiger partial charge on any atom is 0.404 e. The first-order valence-corrected chi connectivity index (χ1v) is 5.00. The van der Waals surface area contributed by atoms with Crippen LogP contribution in [0.1, 0.15) is 19.8 Å². The zero-order valence-electron chi connectivity index (χ0n) is 8.70. The topological polar surface area (TPSA) is 72.8 Å². The van der Waals surface area contributed by atoms with Crippen LogP contribution < -0.4 is 5.32 Å². The van der Waals surface area contributed by atoms with Crippen LogP contribution in [0.5, 0.6) is 0 Å². The molecule has 84 valence electrons. The van der Waals surface area contributed by atoms with Crippen molar-refractivity contribution in [2.24, 2.45) is 0 Å². The fourth-order valence-electron chi connectivity index (χ4n) is 1.23. The molecule has 0 aromatic rings. The van der Waals surface area contributed by atoms with Crippen LogP contribution >= 0.6 is 0 Å². The zero-order valence-corrected chi connectivity index (χ0v) is 8.70. The summed E-state index contributed by atoms with van der Waals surface area (Å²) in [6, 6.07) is 0. The number of unbranched alkanes of at least 4 members (excludes halogenated alkanes) is 1. The van der Waals surface area contributed by atoms with E-state index in [1.165, 1.54) is 0 Å². The van der Waals surface area contributed by atoms with Gasteiger partial charge in [-0.2, -0.15) is 0 Å². The molecule has 0 aliphatic carbocycles. The summed E-state index contributed by atoms with van der Waals surface area (Å²) in [5, 5.41) is 19.3. The summed E-state index contributed by atoms with van der Waals surface area (Å²) in [6.45, 7) is 5.27. The molecule has 3 N–H and O–H groups in total. The van der Waals surface area contributed by atoms with Gasteiger partial charge in [-0.05, 0) is 25.9 Å². The molecule has 0 unspecified atom stereocenters. The third-order valence-electron chi connectivity index (χ3n) is 2.04. The van der Waals surface area contributed by atoms with Crippen molar-refractivity contribution in [1.82, 2.24) is 10.2 Å². The van der Waals surface area contributed by atoms with E-state index in [1.54, 1.807) is 0 Å². The van der Waals surface area contributed by atoms with E-state index < -0.39 is 6.09 Å². The van der Waals surface area contributed by atoms with Gasteiger partial charge in [0.05, 0.1) is 6.61 Å². The fraction of sp³-hybridized carbons (Fsp3) is 0.889. The number of hydrogen-bond donors (Lipinski definition) is 3. The lowest BCUT2D eigenvalue weighted by molar-refractivity contribution is 0.192. The van der Waals surface area contributed by atoms with Gasteiger partial charge >= 0.3 is 6.09 Å². The van der Waals surface area contributed by atoms with E-state index in [0.29, 0.717) is 13.1 Å². The average Bonchev–Trinajstić information content (AvgIpc) is 2.15. The van der Waals surface area contributed by atoms with Crippen molar-refractivity contribution in [3.05, 3.63) is 0 Å². The smallest absolute Gasteiger partial charge is 0.404 e. The molecule has 0 bridgehead atoms. The number of carboxylic acid groups (broad SMARTS) is 1. The Morgan fingerprint density at radius 1 is 1.36 bits per heavy atom. The van der Waals surface area contributed by atoms with Crippen molar-refractivity contribution in [1.29, 1.82) is 0 Å². The molecule has 0 saturated heterocycles. The summed E-state index contributed by atoms with van der Waals surface area (Å²) >= 11 is 0. The molecule has 0 rings (SSSR count). The summed E-state index contributed by atoms with van der Waals surface area (Å²) in [5.74, 6) is 0. The summed E-state index contributed by atoms with van der Waals surface area (Å²) in [7, 11) is 0. The molecule has 0 aliphatic rings. The van der Waals surface area contributed by atoms with Crippen molar-refractivity contribution in [3.63, 3.8) is 0 Å². The Kier molecular flexibility index (Phi) is 8.27. The van der Waals surface area contributed by atoms with Crippen molar-refractivity contribution in [2.45, 2.75) is 19.8 Å². The normalized spacial score (nSPS) is 10.5. The highest BCUT2D eigenvalue weighted by atomic mass is 16.4. The number of nitrogens with zero attached hydrogens (tertiary/aromatic N) is 1. The Bertz CT molecular complexity index is 153. The van der Waals surface area contributed by atoms with E-state index in [0.717, 1.165) is 25.9 Å². The van der Waals surface area contributed by atoms with Crippen LogP contribution in [0.4, 0.5) is 4.79 Å². The number of carbonyl (C=O) groups is 1. The van der Waals surface area contributed by atoms with Gasteiger partial charge in [0.25, 0.3) is 0 Å². The monoisotopic (exact) mass is 204 g/mol. The standard InChI is InChI=1S/C9H20N2O3/c1-2-11(7-8-12)6-4-3-5-10-9(13)14/h10,12H,2-8H2,1H3,(H,13,14). The maximum absolute atomic E-state index is 10.1. The van der Waals surface area contributed by atoms with Gasteiger partial charge in [-0.1, -0.05) is 6.92 Å². The molecule has 0 aliphatic heterocycles. The Balaban J connectivity index is 3.28. The molecular formula is C9H20N2O3. The number of likely N-dealkylation sites (N-methyl/N-ethyl adjacent to an activating group) is 1. The van der Waals surface area contributed by atoms with Crippen LogP contribution in [0.15, 0.2) is 0 Å². The van der Waals surface area contributed by atoms with Gasteiger partial charge in [0.2, 0.25) is 0 Å². The van der Waals surface area contributed by atoms with E-state index in [2.05, 4.69) is 10.2 Å². The summed E-state index contributed by atoms with van der Waals surface area (Å²) in [6.07, 6.45) is 0.829. The highest BCUT2D eigenvalue weighted by Crippen LogP contribution is 1.93. The highest BCUT2D eigenvalue weighted by Gasteiger charge is 2.00. The lowest BCUT2D eigenvalue weighted by Crippen LogP contribution is -2.28. The van der Waals surface area contributed by atoms with Gasteiger partial charge in [-0.25, -0.2) is 4.79 Å². The van der Waals surface area contributed by atoms with E-state index in [1.807, 2.05) is 6.92 Å². The number of hydrogen-bond acceptors (Lipinski definition) is 3. The van der Waals surface area contributed by atoms with Crippen LogP contribution in [0.25, 0.3) is 0 Å². The van der Waals surface area contributed by atoms with Crippen LogP contribution in [-0.2, 0) is 0 Å². The van der Waals surface area contributed by atoms with Gasteiger partial charge in [0, 0.05) is 13.1 Å². The van der Waals surface area contributed by atoms with Crippen molar-refractivity contribution in [2.75, 3.05) is 32.8 Å². The molecule has 1 amide bonds. The predicted molar refractivity (Wildman–Crippen MR) is 54.5 cm³/mol. The van der Waals surface area contributed by atoms with Crippen molar-refractivity contribution < 1.29 is 15.0 Å². The van der Waals surface area contributed by atoms with Crippen LogP contribution in [-0.4, -0.2) is 54.0 Å². The Morgan fingerprint density at radius 2 is 2.07 bits per heavy atom. The molecule has 0 aromatic heterocycles. The minimum absolute atomic E-state index is 0.182. The Morgan fingerprint density at radius 3 is 2.57 bits per heavy atom. The molecule has 0 fully saturated rings. The van der Waals surface area contributed by atoms with Gasteiger partial charge in [-0.3, -0.25) is 0 Å². The van der Waals surface area contributed by atoms with Crippen LogP contribution in [0, 0.1) is 0 Å². The molecule has 5 nitrogen and oxygen atoms in total. The van der Waals surface area contributed by atoms with E-state index in [4.69, 9.17) is 10.2 Å². The average molecular weight is 204 g/mol. The third-order valence-corrected chi connectivity index (χ3v) is 2.04. The van der Waals surface area contributed by atoms with Crippen LogP contribution in [0.3, 0.4) is 0 Å². The third kappa shape index (κ3) is 7.82. The van der Waals surface area contributed by atoms with Gasteiger partial charge in [0.15, 0.2) is 0 Å². The quantitative estimate of drug-likeness (QED) is 0.499. The van der Waals surface area contributed by atoms with Gasteiger partial charge in [-0.15, -0.1) is 0 Å². The maximum atomic E-state index is 10.1. The molecule has 0 aromatic carbocycles. The molecule has 14 heavy (non-hydrogen) atoms. The van der Waals surface area contributed by atoms with Crippen LogP contribution in [0.2, 0.25) is 0 Å². The van der Waals surface area contributed by atoms with E-state index >= 15 is 0 Å². The molecule has 0 heterocycles. The molecule has 0 saturated carbocycles. The molecule has 5 heteroatoms.